The van der Waals surface area contributed by atoms with Crippen molar-refractivity contribution in [3.05, 3.63) is 35.6 Å². The van der Waals surface area contributed by atoms with E-state index >= 15 is 0 Å². The second-order valence-electron chi connectivity index (χ2n) is 6.72. The number of aryl methyl sites for hydroxylation is 1. The third-order valence-electron chi connectivity index (χ3n) is 4.95. The molecule has 0 unspecified atom stereocenters. The minimum absolute atomic E-state index is 0.00237. The Morgan fingerprint density at radius 1 is 1.12 bits per heavy atom. The van der Waals surface area contributed by atoms with Gasteiger partial charge in [-0.1, -0.05) is 31.4 Å². The van der Waals surface area contributed by atoms with E-state index in [2.05, 4.69) is 5.32 Å². The molecule has 0 spiro atoms. The number of aliphatic carboxylic acids is 1. The molecule has 1 aromatic rings. The number of hydrogen-bond donors (Lipinski definition) is 2. The monoisotopic (exact) mass is 335 g/mol. The number of rotatable bonds is 8. The number of hydrogen-bond acceptors (Lipinski definition) is 2. The maximum Gasteiger partial charge on any atom is 0.303 e. The van der Waals surface area contributed by atoms with Crippen LogP contribution in [-0.2, 0) is 16.0 Å². The molecular weight excluding hydrogens is 309 g/mol. The number of halogens is 1. The molecule has 1 aliphatic rings. The summed E-state index contributed by atoms with van der Waals surface area (Å²) in [6, 6.07) is 6.40. The van der Waals surface area contributed by atoms with Gasteiger partial charge in [0.25, 0.3) is 0 Å². The summed E-state index contributed by atoms with van der Waals surface area (Å²) in [6.07, 6.45) is 6.69. The number of carbonyl (C=O) groups excluding carboxylic acids is 1. The molecule has 0 bridgehead atoms. The van der Waals surface area contributed by atoms with Crippen molar-refractivity contribution in [2.45, 2.75) is 57.8 Å². The molecule has 0 saturated heterocycles. The van der Waals surface area contributed by atoms with Crippen LogP contribution in [0.25, 0.3) is 0 Å². The highest BCUT2D eigenvalue weighted by atomic mass is 19.1. The standard InChI is InChI=1S/C19H26FNO3/c20-16-8-6-15(7-9-16)5-4-14-21-18(24)19(13-10-17(22)23)11-2-1-3-12-19/h6-9H,1-5,10-14H2,(H,21,24)(H,22,23). The van der Waals surface area contributed by atoms with Crippen molar-refractivity contribution in [1.82, 2.24) is 5.32 Å². The van der Waals surface area contributed by atoms with Gasteiger partial charge in [-0.25, -0.2) is 4.39 Å². The summed E-state index contributed by atoms with van der Waals surface area (Å²) < 4.78 is 12.9. The average Bonchev–Trinajstić information content (AvgIpc) is 2.59. The Hall–Kier alpha value is -1.91. The van der Waals surface area contributed by atoms with E-state index in [1.54, 1.807) is 12.1 Å². The lowest BCUT2D eigenvalue weighted by Gasteiger charge is -2.35. The van der Waals surface area contributed by atoms with Crippen LogP contribution in [0.2, 0.25) is 0 Å². The Morgan fingerprint density at radius 3 is 2.42 bits per heavy atom. The maximum absolute atomic E-state index is 12.9. The van der Waals surface area contributed by atoms with Crippen LogP contribution < -0.4 is 5.32 Å². The Bertz CT molecular complexity index is 550. The van der Waals surface area contributed by atoms with Crippen LogP contribution in [0.5, 0.6) is 0 Å². The number of carbonyl (C=O) groups is 2. The van der Waals surface area contributed by atoms with Crippen LogP contribution in [0.15, 0.2) is 24.3 Å². The summed E-state index contributed by atoms with van der Waals surface area (Å²) in [5.74, 6) is -1.09. The first-order valence-electron chi connectivity index (χ1n) is 8.76. The number of carboxylic acid groups (broad SMARTS) is 1. The van der Waals surface area contributed by atoms with Crippen molar-refractivity contribution in [2.24, 2.45) is 5.41 Å². The van der Waals surface area contributed by atoms with Crippen LogP contribution in [0, 0.1) is 11.2 Å². The lowest BCUT2D eigenvalue weighted by Crippen LogP contribution is -2.43. The molecule has 1 saturated carbocycles. The van der Waals surface area contributed by atoms with Gasteiger partial charge in [0, 0.05) is 18.4 Å². The Labute approximate surface area is 142 Å². The number of amides is 1. The van der Waals surface area contributed by atoms with Gasteiger partial charge in [-0.2, -0.15) is 0 Å². The molecule has 5 heteroatoms. The first kappa shape index (κ1) is 18.4. The lowest BCUT2D eigenvalue weighted by atomic mass is 9.70. The van der Waals surface area contributed by atoms with Gasteiger partial charge in [0.05, 0.1) is 0 Å². The van der Waals surface area contributed by atoms with Crippen molar-refractivity contribution in [1.29, 1.82) is 0 Å². The molecule has 0 radical (unpaired) electrons. The second kappa shape index (κ2) is 8.81. The summed E-state index contributed by atoms with van der Waals surface area (Å²) >= 11 is 0. The molecule has 132 valence electrons. The van der Waals surface area contributed by atoms with Gasteiger partial charge in [0.15, 0.2) is 0 Å². The van der Waals surface area contributed by atoms with Crippen LogP contribution in [-0.4, -0.2) is 23.5 Å². The summed E-state index contributed by atoms with van der Waals surface area (Å²) in [6.45, 7) is 0.561. The van der Waals surface area contributed by atoms with Crippen molar-refractivity contribution < 1.29 is 19.1 Å². The normalized spacial score (nSPS) is 16.5. The zero-order valence-corrected chi connectivity index (χ0v) is 14.0. The van der Waals surface area contributed by atoms with Gasteiger partial charge in [0.1, 0.15) is 5.82 Å². The molecule has 1 fully saturated rings. The topological polar surface area (TPSA) is 66.4 Å². The van der Waals surface area contributed by atoms with E-state index in [0.29, 0.717) is 13.0 Å². The quantitative estimate of drug-likeness (QED) is 0.712. The number of nitrogens with one attached hydrogen (secondary N) is 1. The Kier molecular flexibility index (Phi) is 6.76. The summed E-state index contributed by atoms with van der Waals surface area (Å²) in [5, 5.41) is 11.9. The highest BCUT2D eigenvalue weighted by molar-refractivity contribution is 5.83. The van der Waals surface area contributed by atoms with Crippen LogP contribution in [0.4, 0.5) is 4.39 Å². The third-order valence-corrected chi connectivity index (χ3v) is 4.95. The van der Waals surface area contributed by atoms with Crippen molar-refractivity contribution in [3.8, 4) is 0 Å². The zero-order valence-electron chi connectivity index (χ0n) is 14.0. The van der Waals surface area contributed by atoms with E-state index in [0.717, 1.165) is 50.5 Å². The molecule has 0 atom stereocenters. The maximum atomic E-state index is 12.9. The Balaban J connectivity index is 1.81. The van der Waals surface area contributed by atoms with E-state index in [1.807, 2.05) is 0 Å². The minimum Gasteiger partial charge on any atom is -0.481 e. The van der Waals surface area contributed by atoms with Gasteiger partial charge in [-0.05, 0) is 49.8 Å². The van der Waals surface area contributed by atoms with E-state index in [1.165, 1.54) is 12.1 Å². The molecule has 0 aliphatic heterocycles. The first-order valence-corrected chi connectivity index (χ1v) is 8.76. The first-order chi connectivity index (χ1) is 11.5. The summed E-state index contributed by atoms with van der Waals surface area (Å²) in [7, 11) is 0. The molecule has 2 rings (SSSR count). The van der Waals surface area contributed by atoms with Gasteiger partial charge in [0.2, 0.25) is 5.91 Å². The summed E-state index contributed by atoms with van der Waals surface area (Å²) in [5.41, 5.74) is 0.538. The minimum atomic E-state index is -0.843. The smallest absolute Gasteiger partial charge is 0.303 e. The Morgan fingerprint density at radius 2 is 1.79 bits per heavy atom. The number of benzene rings is 1. The highest BCUT2D eigenvalue weighted by Crippen LogP contribution is 2.40. The van der Waals surface area contributed by atoms with Crippen molar-refractivity contribution >= 4 is 11.9 Å². The molecule has 1 amide bonds. The van der Waals surface area contributed by atoms with E-state index in [-0.39, 0.29) is 18.1 Å². The predicted molar refractivity (Wildman–Crippen MR) is 90.1 cm³/mol. The zero-order chi connectivity index (χ0) is 17.4. The second-order valence-corrected chi connectivity index (χ2v) is 6.72. The largest absolute Gasteiger partial charge is 0.481 e. The molecule has 1 aliphatic carbocycles. The van der Waals surface area contributed by atoms with Crippen molar-refractivity contribution in [2.75, 3.05) is 6.54 Å². The summed E-state index contributed by atoms with van der Waals surface area (Å²) in [4.78, 5) is 23.5. The number of carboxylic acids is 1. The third kappa shape index (κ3) is 5.32. The molecule has 4 nitrogen and oxygen atoms in total. The van der Waals surface area contributed by atoms with E-state index in [9.17, 15) is 14.0 Å². The average molecular weight is 335 g/mol. The van der Waals surface area contributed by atoms with Gasteiger partial charge in [-0.15, -0.1) is 0 Å². The molecule has 1 aromatic carbocycles. The fraction of sp³-hybridized carbons (Fsp3) is 0.579. The van der Waals surface area contributed by atoms with Crippen molar-refractivity contribution in [3.63, 3.8) is 0 Å². The van der Waals surface area contributed by atoms with Gasteiger partial charge >= 0.3 is 5.97 Å². The fourth-order valence-corrected chi connectivity index (χ4v) is 3.50. The molecular formula is C19H26FNO3. The molecule has 2 N–H and O–H groups in total. The van der Waals surface area contributed by atoms with Crippen LogP contribution in [0.3, 0.4) is 0 Å². The lowest BCUT2D eigenvalue weighted by molar-refractivity contribution is -0.139. The van der Waals surface area contributed by atoms with Crippen LogP contribution in [0.1, 0.15) is 56.9 Å². The van der Waals surface area contributed by atoms with E-state index in [4.69, 9.17) is 5.11 Å². The molecule has 24 heavy (non-hydrogen) atoms. The SMILES string of the molecule is O=C(O)CCC1(C(=O)NCCCc2ccc(F)cc2)CCCCC1. The van der Waals surface area contributed by atoms with Crippen LogP contribution >= 0.6 is 0 Å². The van der Waals surface area contributed by atoms with Gasteiger partial charge < -0.3 is 10.4 Å². The van der Waals surface area contributed by atoms with E-state index < -0.39 is 11.4 Å². The predicted octanol–water partition coefficient (Wildman–Crippen LogP) is 3.69. The van der Waals surface area contributed by atoms with Gasteiger partial charge in [-0.3, -0.25) is 9.59 Å². The molecule has 0 aromatic heterocycles. The fourth-order valence-electron chi connectivity index (χ4n) is 3.50. The highest BCUT2D eigenvalue weighted by Gasteiger charge is 2.39. The molecule has 0 heterocycles.